The van der Waals surface area contributed by atoms with Crippen LogP contribution in [0.3, 0.4) is 0 Å². The Morgan fingerprint density at radius 3 is 2.61 bits per heavy atom. The monoisotopic (exact) mass is 311 g/mol. The maximum atomic E-state index is 4.69. The molecule has 1 aliphatic rings. The third kappa shape index (κ3) is 2.91. The minimum atomic E-state index is 0.455. The van der Waals surface area contributed by atoms with Gasteiger partial charge < -0.3 is 5.32 Å². The summed E-state index contributed by atoms with van der Waals surface area (Å²) < 4.78 is 3.84. The van der Waals surface area contributed by atoms with E-state index in [9.17, 15) is 0 Å². The number of aryl methyl sites for hydroxylation is 1. The van der Waals surface area contributed by atoms with Crippen molar-refractivity contribution in [1.29, 1.82) is 0 Å². The van der Waals surface area contributed by atoms with Gasteiger partial charge in [-0.05, 0) is 12.8 Å². The third-order valence-corrected chi connectivity index (χ3v) is 4.47. The van der Waals surface area contributed by atoms with Gasteiger partial charge in [0.15, 0.2) is 5.65 Å². The molecule has 7 nitrogen and oxygen atoms in total. The maximum Gasteiger partial charge on any atom is 0.229 e. The Bertz CT molecular complexity index is 796. The van der Waals surface area contributed by atoms with Gasteiger partial charge in [0.2, 0.25) is 5.95 Å². The lowest BCUT2D eigenvalue weighted by Crippen LogP contribution is -2.11. The maximum absolute atomic E-state index is 4.69. The lowest BCUT2D eigenvalue weighted by Gasteiger charge is -2.15. The Labute approximate surface area is 134 Å². The van der Waals surface area contributed by atoms with Gasteiger partial charge in [-0.2, -0.15) is 15.2 Å². The van der Waals surface area contributed by atoms with Gasteiger partial charge in [-0.25, -0.2) is 9.67 Å². The molecule has 0 bridgehead atoms. The summed E-state index contributed by atoms with van der Waals surface area (Å²) in [5.41, 5.74) is 1.80. The van der Waals surface area contributed by atoms with Crippen LogP contribution in [0.2, 0.25) is 0 Å². The fraction of sp³-hybridized carbons (Fsp3) is 0.500. The van der Waals surface area contributed by atoms with Crippen molar-refractivity contribution in [2.75, 3.05) is 5.32 Å². The van der Waals surface area contributed by atoms with Crippen LogP contribution in [0.5, 0.6) is 0 Å². The van der Waals surface area contributed by atoms with Crippen molar-refractivity contribution in [3.63, 3.8) is 0 Å². The standard InChI is InChI=1S/C16H21N7/c1-22-11-13(10-18-22)20-16-17-8-12-9-19-23(15(12)21-16)14-6-4-2-3-5-7-14/h8-11,14H,2-7H2,1H3,(H,17,20,21). The van der Waals surface area contributed by atoms with Crippen LogP contribution in [-0.2, 0) is 7.05 Å². The summed E-state index contributed by atoms with van der Waals surface area (Å²) in [6.07, 6.45) is 15.0. The van der Waals surface area contributed by atoms with Crippen molar-refractivity contribution in [1.82, 2.24) is 29.5 Å². The largest absolute Gasteiger partial charge is 0.321 e. The first-order valence-electron chi connectivity index (χ1n) is 8.25. The molecule has 1 aliphatic carbocycles. The molecule has 7 heteroatoms. The summed E-state index contributed by atoms with van der Waals surface area (Å²) in [5.74, 6) is 0.584. The van der Waals surface area contributed by atoms with E-state index in [-0.39, 0.29) is 0 Å². The summed E-state index contributed by atoms with van der Waals surface area (Å²) in [7, 11) is 1.89. The molecule has 120 valence electrons. The second-order valence-electron chi connectivity index (χ2n) is 6.23. The number of nitrogens with zero attached hydrogens (tertiary/aromatic N) is 6. The average molecular weight is 311 g/mol. The molecular formula is C16H21N7. The zero-order valence-electron chi connectivity index (χ0n) is 13.3. The Hall–Kier alpha value is -2.44. The van der Waals surface area contributed by atoms with Crippen molar-refractivity contribution in [3.8, 4) is 0 Å². The number of rotatable bonds is 3. The van der Waals surface area contributed by atoms with E-state index in [0.717, 1.165) is 16.7 Å². The van der Waals surface area contributed by atoms with Gasteiger partial charge >= 0.3 is 0 Å². The predicted molar refractivity (Wildman–Crippen MR) is 88.6 cm³/mol. The Morgan fingerprint density at radius 2 is 1.87 bits per heavy atom. The molecule has 23 heavy (non-hydrogen) atoms. The molecule has 0 atom stereocenters. The second kappa shape index (κ2) is 5.98. The zero-order chi connectivity index (χ0) is 15.6. The van der Waals surface area contributed by atoms with Crippen LogP contribution in [0, 0.1) is 0 Å². The van der Waals surface area contributed by atoms with E-state index in [2.05, 4.69) is 30.2 Å². The molecule has 0 aromatic carbocycles. The number of anilines is 2. The van der Waals surface area contributed by atoms with Crippen LogP contribution in [-0.4, -0.2) is 29.5 Å². The van der Waals surface area contributed by atoms with Crippen LogP contribution in [0.25, 0.3) is 11.0 Å². The highest BCUT2D eigenvalue weighted by Gasteiger charge is 2.18. The molecule has 0 aliphatic heterocycles. The fourth-order valence-electron chi connectivity index (χ4n) is 3.28. The summed E-state index contributed by atoms with van der Waals surface area (Å²) in [6, 6.07) is 0.455. The molecule has 1 N–H and O–H groups in total. The number of hydrogen-bond acceptors (Lipinski definition) is 5. The minimum absolute atomic E-state index is 0.455. The predicted octanol–water partition coefficient (Wildman–Crippen LogP) is 3.20. The highest BCUT2D eigenvalue weighted by atomic mass is 15.3. The highest BCUT2D eigenvalue weighted by molar-refractivity contribution is 5.75. The number of fused-ring (bicyclic) bond motifs is 1. The van der Waals surface area contributed by atoms with E-state index in [1.807, 2.05) is 25.6 Å². The van der Waals surface area contributed by atoms with Gasteiger partial charge in [0, 0.05) is 19.4 Å². The van der Waals surface area contributed by atoms with E-state index in [0.29, 0.717) is 12.0 Å². The van der Waals surface area contributed by atoms with E-state index in [1.54, 1.807) is 10.9 Å². The molecule has 1 saturated carbocycles. The van der Waals surface area contributed by atoms with Crippen molar-refractivity contribution in [2.45, 2.75) is 44.6 Å². The van der Waals surface area contributed by atoms with Crippen LogP contribution in [0.1, 0.15) is 44.6 Å². The molecule has 0 unspecified atom stereocenters. The van der Waals surface area contributed by atoms with Gasteiger partial charge in [0.1, 0.15) is 0 Å². The first kappa shape index (κ1) is 14.2. The van der Waals surface area contributed by atoms with Crippen LogP contribution in [0.4, 0.5) is 11.6 Å². The summed E-state index contributed by atoms with van der Waals surface area (Å²) in [4.78, 5) is 9.06. The Morgan fingerprint density at radius 1 is 1.04 bits per heavy atom. The van der Waals surface area contributed by atoms with Gasteiger partial charge in [-0.1, -0.05) is 25.7 Å². The SMILES string of the molecule is Cn1cc(Nc2ncc3cnn(C4CCCCCC4)c3n2)cn1. The van der Waals surface area contributed by atoms with E-state index >= 15 is 0 Å². The van der Waals surface area contributed by atoms with Crippen molar-refractivity contribution in [3.05, 3.63) is 24.8 Å². The molecule has 3 heterocycles. The lowest BCUT2D eigenvalue weighted by atomic mass is 10.1. The van der Waals surface area contributed by atoms with Crippen LogP contribution < -0.4 is 5.32 Å². The molecule has 4 rings (SSSR count). The molecule has 0 spiro atoms. The van der Waals surface area contributed by atoms with Gasteiger partial charge in [0.05, 0.1) is 29.5 Å². The van der Waals surface area contributed by atoms with E-state index in [1.165, 1.54) is 38.5 Å². The fourth-order valence-corrected chi connectivity index (χ4v) is 3.28. The van der Waals surface area contributed by atoms with E-state index < -0.39 is 0 Å². The summed E-state index contributed by atoms with van der Waals surface area (Å²) in [6.45, 7) is 0. The molecule has 3 aromatic heterocycles. The van der Waals surface area contributed by atoms with Gasteiger partial charge in [0.25, 0.3) is 0 Å². The zero-order valence-corrected chi connectivity index (χ0v) is 13.3. The normalized spacial score (nSPS) is 16.6. The van der Waals surface area contributed by atoms with Crippen LogP contribution >= 0.6 is 0 Å². The van der Waals surface area contributed by atoms with Crippen molar-refractivity contribution < 1.29 is 0 Å². The van der Waals surface area contributed by atoms with Crippen molar-refractivity contribution in [2.24, 2.45) is 7.05 Å². The average Bonchev–Trinajstić information content (AvgIpc) is 3.04. The summed E-state index contributed by atoms with van der Waals surface area (Å²) >= 11 is 0. The Balaban J connectivity index is 1.65. The molecule has 1 fully saturated rings. The number of nitrogens with one attached hydrogen (secondary N) is 1. The number of hydrogen-bond donors (Lipinski definition) is 1. The second-order valence-corrected chi connectivity index (χ2v) is 6.23. The molecule has 0 radical (unpaired) electrons. The smallest absolute Gasteiger partial charge is 0.229 e. The quantitative estimate of drug-likeness (QED) is 0.752. The van der Waals surface area contributed by atoms with Gasteiger partial charge in [-0.3, -0.25) is 4.68 Å². The van der Waals surface area contributed by atoms with Crippen molar-refractivity contribution >= 4 is 22.7 Å². The number of aromatic nitrogens is 6. The summed E-state index contributed by atoms with van der Waals surface area (Å²) in [5, 5.41) is 12.9. The highest BCUT2D eigenvalue weighted by Crippen LogP contribution is 2.29. The Kier molecular flexibility index (Phi) is 3.69. The molecule has 3 aromatic rings. The molecule has 0 amide bonds. The minimum Gasteiger partial charge on any atom is -0.321 e. The topological polar surface area (TPSA) is 73.5 Å². The molecule has 0 saturated heterocycles. The lowest BCUT2D eigenvalue weighted by molar-refractivity contribution is 0.415. The first-order chi connectivity index (χ1) is 11.3. The first-order valence-corrected chi connectivity index (χ1v) is 8.25. The molecular weight excluding hydrogens is 290 g/mol. The van der Waals surface area contributed by atoms with Gasteiger partial charge in [-0.15, -0.1) is 0 Å². The third-order valence-electron chi connectivity index (χ3n) is 4.47. The van der Waals surface area contributed by atoms with Crippen LogP contribution in [0.15, 0.2) is 24.8 Å². The van der Waals surface area contributed by atoms with E-state index in [4.69, 9.17) is 0 Å².